The van der Waals surface area contributed by atoms with Crippen LogP contribution in [0.5, 0.6) is 5.88 Å². The molecule has 4 nitrogen and oxygen atoms in total. The van der Waals surface area contributed by atoms with Crippen LogP contribution in [0.15, 0.2) is 15.5 Å². The molecule has 1 aromatic heterocycles. The number of ether oxygens (including phenoxy) is 1. The van der Waals surface area contributed by atoms with Crippen LogP contribution in [0.25, 0.3) is 0 Å². The first kappa shape index (κ1) is 15.8. The highest BCUT2D eigenvalue weighted by Crippen LogP contribution is 2.29. The lowest BCUT2D eigenvalue weighted by atomic mass is 10.3. The summed E-state index contributed by atoms with van der Waals surface area (Å²) < 4.78 is 29.6. The summed E-state index contributed by atoms with van der Waals surface area (Å²) in [6, 6.07) is 1.70. The minimum absolute atomic E-state index is 0.153. The third kappa shape index (κ3) is 5.10. The van der Waals surface area contributed by atoms with Crippen molar-refractivity contribution in [3.8, 4) is 5.88 Å². The van der Waals surface area contributed by atoms with Crippen LogP contribution in [0, 0.1) is 6.92 Å². The third-order valence-corrected chi connectivity index (χ3v) is 2.91. The molecule has 0 aromatic carbocycles. The van der Waals surface area contributed by atoms with Crippen molar-refractivity contribution >= 4 is 28.0 Å². The van der Waals surface area contributed by atoms with E-state index in [-0.39, 0.29) is 5.88 Å². The van der Waals surface area contributed by atoms with Crippen molar-refractivity contribution in [3.63, 3.8) is 0 Å². The number of nitrogens with zero attached hydrogens (tertiary/aromatic N) is 3. The van der Waals surface area contributed by atoms with Crippen LogP contribution < -0.4 is 4.74 Å². The molecule has 0 bridgehead atoms. The van der Waals surface area contributed by atoms with Gasteiger partial charge in [0.25, 0.3) is 6.43 Å². The average molecular weight is 336 g/mol. The van der Waals surface area contributed by atoms with E-state index in [1.54, 1.807) is 19.3 Å². The maximum atomic E-state index is 12.1. The van der Waals surface area contributed by atoms with Gasteiger partial charge in [0.2, 0.25) is 5.88 Å². The van der Waals surface area contributed by atoms with Crippen molar-refractivity contribution < 1.29 is 13.5 Å². The number of hydrogen-bond acceptors (Lipinski definition) is 3. The Morgan fingerprint density at radius 3 is 2.84 bits per heavy atom. The Balaban J connectivity index is 2.87. The Labute approximate surface area is 119 Å². The maximum Gasteiger partial charge on any atom is 0.272 e. The Hall–Kier alpha value is -1.24. The van der Waals surface area contributed by atoms with Crippen LogP contribution in [0.3, 0.4) is 0 Å². The summed E-state index contributed by atoms with van der Waals surface area (Å²) in [5.74, 6) is 0.153. The van der Waals surface area contributed by atoms with Crippen LogP contribution >= 0.6 is 15.9 Å². The second-order valence-electron chi connectivity index (χ2n) is 3.90. The highest BCUT2D eigenvalue weighted by molar-refractivity contribution is 9.10. The van der Waals surface area contributed by atoms with Gasteiger partial charge in [-0.2, -0.15) is 0 Å². The molecule has 0 aliphatic carbocycles. The molecule has 1 aromatic rings. The molecule has 0 amide bonds. The SMILES string of the molecule is CCN(C)/C=N/c1cc(Br)c(OCC(F)F)nc1C. The summed E-state index contributed by atoms with van der Waals surface area (Å²) >= 11 is 3.24. The molecule has 0 unspecified atom stereocenters. The van der Waals surface area contributed by atoms with Gasteiger partial charge in [-0.05, 0) is 35.8 Å². The Kier molecular flexibility index (Phi) is 6.14. The first-order valence-electron chi connectivity index (χ1n) is 5.76. The van der Waals surface area contributed by atoms with E-state index in [4.69, 9.17) is 4.74 Å². The van der Waals surface area contributed by atoms with Gasteiger partial charge in [-0.1, -0.05) is 0 Å². The predicted octanol–water partition coefficient (Wildman–Crippen LogP) is 3.41. The molecule has 0 aliphatic rings. The fraction of sp³-hybridized carbons (Fsp3) is 0.500. The van der Waals surface area contributed by atoms with Crippen LogP contribution in [0.1, 0.15) is 12.6 Å². The summed E-state index contributed by atoms with van der Waals surface area (Å²) in [4.78, 5) is 10.3. The molecule has 0 aliphatic heterocycles. The zero-order valence-electron chi connectivity index (χ0n) is 11.0. The van der Waals surface area contributed by atoms with E-state index in [0.29, 0.717) is 15.9 Å². The van der Waals surface area contributed by atoms with Gasteiger partial charge in [0.1, 0.15) is 0 Å². The van der Waals surface area contributed by atoms with Crippen molar-refractivity contribution in [2.45, 2.75) is 20.3 Å². The van der Waals surface area contributed by atoms with Gasteiger partial charge in [-0.25, -0.2) is 18.8 Å². The highest BCUT2D eigenvalue weighted by atomic mass is 79.9. The largest absolute Gasteiger partial charge is 0.471 e. The molecule has 1 heterocycles. The van der Waals surface area contributed by atoms with Crippen LogP contribution in [-0.4, -0.2) is 42.8 Å². The fourth-order valence-corrected chi connectivity index (χ4v) is 1.59. The molecule has 0 N–H and O–H groups in total. The van der Waals surface area contributed by atoms with Crippen LogP contribution in [-0.2, 0) is 0 Å². The lowest BCUT2D eigenvalue weighted by Crippen LogP contribution is -2.14. The summed E-state index contributed by atoms with van der Waals surface area (Å²) in [5.41, 5.74) is 1.28. The molecule has 0 saturated carbocycles. The molecule has 0 saturated heterocycles. The predicted molar refractivity (Wildman–Crippen MR) is 74.6 cm³/mol. The zero-order chi connectivity index (χ0) is 14.4. The molecule has 106 valence electrons. The van der Waals surface area contributed by atoms with Crippen molar-refractivity contribution in [3.05, 3.63) is 16.2 Å². The molecule has 0 spiro atoms. The van der Waals surface area contributed by atoms with Gasteiger partial charge in [0.05, 0.1) is 22.2 Å². The molecule has 1 rings (SSSR count). The highest BCUT2D eigenvalue weighted by Gasteiger charge is 2.10. The number of aliphatic imine (C=N–C) groups is 1. The number of alkyl halides is 2. The lowest BCUT2D eigenvalue weighted by molar-refractivity contribution is 0.0791. The van der Waals surface area contributed by atoms with E-state index >= 15 is 0 Å². The summed E-state index contributed by atoms with van der Waals surface area (Å²) in [6.07, 6.45) is -0.833. The fourth-order valence-electron chi connectivity index (χ4n) is 1.17. The lowest BCUT2D eigenvalue weighted by Gasteiger charge is -2.11. The number of hydrogen-bond donors (Lipinski definition) is 0. The monoisotopic (exact) mass is 335 g/mol. The quantitative estimate of drug-likeness (QED) is 0.590. The van der Waals surface area contributed by atoms with E-state index in [1.807, 2.05) is 18.9 Å². The van der Waals surface area contributed by atoms with E-state index in [0.717, 1.165) is 6.54 Å². The van der Waals surface area contributed by atoms with Crippen molar-refractivity contribution in [2.75, 3.05) is 20.2 Å². The number of pyridine rings is 1. The first-order valence-corrected chi connectivity index (χ1v) is 6.55. The Morgan fingerprint density at radius 1 is 1.58 bits per heavy atom. The maximum absolute atomic E-state index is 12.1. The van der Waals surface area contributed by atoms with Gasteiger partial charge >= 0.3 is 0 Å². The molecular weight excluding hydrogens is 320 g/mol. The van der Waals surface area contributed by atoms with E-state index in [2.05, 4.69) is 25.9 Å². The Bertz CT molecular complexity index is 455. The molecule has 0 radical (unpaired) electrons. The number of aryl methyl sites for hydroxylation is 1. The topological polar surface area (TPSA) is 37.7 Å². The number of halogens is 3. The molecule has 0 atom stereocenters. The summed E-state index contributed by atoms with van der Waals surface area (Å²) in [5, 5.41) is 0. The van der Waals surface area contributed by atoms with Crippen LogP contribution in [0.4, 0.5) is 14.5 Å². The normalized spacial score (nSPS) is 11.3. The smallest absolute Gasteiger partial charge is 0.272 e. The van der Waals surface area contributed by atoms with Crippen molar-refractivity contribution in [1.29, 1.82) is 0 Å². The molecule has 19 heavy (non-hydrogen) atoms. The van der Waals surface area contributed by atoms with Crippen molar-refractivity contribution in [2.24, 2.45) is 4.99 Å². The first-order chi connectivity index (χ1) is 8.93. The minimum atomic E-state index is -2.52. The van der Waals surface area contributed by atoms with Crippen LogP contribution in [0.2, 0.25) is 0 Å². The van der Waals surface area contributed by atoms with Gasteiger partial charge in [-0.15, -0.1) is 0 Å². The van der Waals surface area contributed by atoms with Gasteiger partial charge < -0.3 is 9.64 Å². The standard InChI is InChI=1S/C12H16BrF2N3O/c1-4-18(3)7-16-10-5-9(13)12(17-8(10)2)19-6-11(14)15/h5,7,11H,4,6H2,1-3H3/b16-7+. The Morgan fingerprint density at radius 2 is 2.26 bits per heavy atom. The summed E-state index contributed by atoms with van der Waals surface area (Å²) in [7, 11) is 1.90. The van der Waals surface area contributed by atoms with Crippen molar-refractivity contribution in [1.82, 2.24) is 9.88 Å². The second-order valence-corrected chi connectivity index (χ2v) is 4.75. The van der Waals surface area contributed by atoms with Gasteiger partial charge in [-0.3, -0.25) is 0 Å². The van der Waals surface area contributed by atoms with Gasteiger partial charge in [0, 0.05) is 13.6 Å². The summed E-state index contributed by atoms with van der Waals surface area (Å²) in [6.45, 7) is 3.92. The van der Waals surface area contributed by atoms with E-state index < -0.39 is 13.0 Å². The molecule has 0 fully saturated rings. The second kappa shape index (κ2) is 7.37. The van der Waals surface area contributed by atoms with E-state index in [9.17, 15) is 8.78 Å². The molecular formula is C12H16BrF2N3O. The zero-order valence-corrected chi connectivity index (χ0v) is 12.6. The number of rotatable bonds is 6. The van der Waals surface area contributed by atoms with E-state index in [1.165, 1.54) is 0 Å². The average Bonchev–Trinajstić information content (AvgIpc) is 2.37. The number of aromatic nitrogens is 1. The molecule has 7 heteroatoms. The third-order valence-electron chi connectivity index (χ3n) is 2.35. The van der Waals surface area contributed by atoms with Gasteiger partial charge in [0.15, 0.2) is 6.61 Å². The minimum Gasteiger partial charge on any atom is -0.471 e.